The van der Waals surface area contributed by atoms with Crippen molar-refractivity contribution in [3.8, 4) is 0 Å². The third kappa shape index (κ3) is 10.5. The molecule has 2 aromatic rings. The Morgan fingerprint density at radius 2 is 1.45 bits per heavy atom. The number of carbonyl (C=O) groups excluding carboxylic acids is 1. The highest BCUT2D eigenvalue weighted by atomic mass is 32.2. The molecule has 0 saturated heterocycles. The largest absolute Gasteiger partial charge is 0.744 e. The molecule has 0 spiro atoms. The van der Waals surface area contributed by atoms with Gasteiger partial charge in [0.1, 0.15) is 37.5 Å². The van der Waals surface area contributed by atoms with Gasteiger partial charge in [0.15, 0.2) is 12.3 Å². The minimum atomic E-state index is -4.68. The Morgan fingerprint density at radius 3 is 2.14 bits per heavy atom. The van der Waals surface area contributed by atoms with Crippen molar-refractivity contribution in [3.05, 3.63) is 118 Å². The fourth-order valence-electron chi connectivity index (χ4n) is 14.2. The van der Waals surface area contributed by atoms with Crippen LogP contribution in [0.1, 0.15) is 123 Å². The van der Waals surface area contributed by atoms with E-state index in [4.69, 9.17) is 4.74 Å². The lowest BCUT2D eigenvalue weighted by Gasteiger charge is -2.51. The zero-order chi connectivity index (χ0) is 53.6. The van der Waals surface area contributed by atoms with Crippen LogP contribution in [0, 0.1) is 29.1 Å². The second-order valence-corrected chi connectivity index (χ2v) is 28.6. The average Bonchev–Trinajstić information content (AvgIpc) is 3.81. The molecule has 9 rings (SSSR count). The summed E-state index contributed by atoms with van der Waals surface area (Å²) >= 11 is 0. The van der Waals surface area contributed by atoms with E-state index in [2.05, 4.69) is 123 Å². The monoisotopic (exact) mass is 1050 g/mol. The predicted molar refractivity (Wildman–Crippen MR) is 290 cm³/mol. The number of benzene rings is 2. The number of Topliss-reactive ketones (excluding diaryl/α,β-unsaturated/α-hetero) is 1. The Bertz CT molecular complexity index is 3080. The molecule has 7 aliphatic rings. The van der Waals surface area contributed by atoms with E-state index < -0.39 is 31.1 Å². The van der Waals surface area contributed by atoms with E-state index in [-0.39, 0.29) is 15.2 Å². The Balaban J connectivity index is 1.12. The van der Waals surface area contributed by atoms with E-state index in [0.29, 0.717) is 42.5 Å². The summed E-state index contributed by atoms with van der Waals surface area (Å²) < 4.78 is 85.3. The summed E-state index contributed by atoms with van der Waals surface area (Å²) in [5.74, 6) is 4.23. The molecule has 3 saturated carbocycles. The van der Waals surface area contributed by atoms with Gasteiger partial charge in [0.2, 0.25) is 5.69 Å². The Kier molecular flexibility index (Phi) is 14.3. The van der Waals surface area contributed by atoms with Crippen LogP contribution >= 0.6 is 0 Å². The molecule has 5 unspecified atom stereocenters. The number of rotatable bonds is 15. The number of hydrogen-bond donors (Lipinski definition) is 0. The molecule has 0 radical (unpaired) electrons. The molecular weight excluding hydrogens is 969 g/mol. The molecule has 3 fully saturated rings. The first-order chi connectivity index (χ1) is 34.5. The van der Waals surface area contributed by atoms with Crippen molar-refractivity contribution < 1.29 is 49.0 Å². The molecule has 0 bridgehead atoms. The summed E-state index contributed by atoms with van der Waals surface area (Å²) in [7, 11) is 3.71. The number of ether oxygens (including phenoxy) is 1. The quantitative estimate of drug-likeness (QED) is 0.0966. The van der Waals surface area contributed by atoms with Gasteiger partial charge in [-0.3, -0.25) is 4.79 Å². The maximum atomic E-state index is 13.1. The number of hydrogen-bond acceptors (Lipinski definition) is 9. The maximum absolute atomic E-state index is 13.1. The minimum Gasteiger partial charge on any atom is -0.744 e. The van der Waals surface area contributed by atoms with Gasteiger partial charge in [0.25, 0.3) is 0 Å². The first-order valence-electron chi connectivity index (χ1n) is 27.2. The molecule has 5 atom stereocenters. The highest BCUT2D eigenvalue weighted by molar-refractivity contribution is 7.86. The lowest BCUT2D eigenvalue weighted by atomic mass is 9.52. The van der Waals surface area contributed by atoms with Gasteiger partial charge in [0, 0.05) is 59.3 Å². The Morgan fingerprint density at radius 1 is 0.770 bits per heavy atom. The zero-order valence-corrected chi connectivity index (χ0v) is 47.6. The molecule has 12 nitrogen and oxygen atoms in total. The van der Waals surface area contributed by atoms with Gasteiger partial charge in [-0.1, -0.05) is 32.4 Å². The van der Waals surface area contributed by atoms with Crippen LogP contribution in [0.2, 0.25) is 0 Å². The van der Waals surface area contributed by atoms with Gasteiger partial charge >= 0.3 is 0 Å². The molecule has 2 aliphatic heterocycles. The van der Waals surface area contributed by atoms with Crippen molar-refractivity contribution in [2.75, 3.05) is 73.4 Å². The standard InChI is InChI=1S/C60H81N4O8S2/c1-58(2)50-38-44(73(66,67)68)21-26-52(50)61(33-13-35-63(6,7)8)54(58)28-18-40-15-12-16-41(19-29-55-59(3,4)51-39-45(74(69,70)71)22-27-53(51)62(55)34-14-36-64(9,10)11)57(40)72-43-20-24-46-42(37-43)17-23-48-47(46)31-32-60(5)49(48)25-30-56(60)65/h18-22,26-29,37-39,46-49H,12-17,23-25,30-36H2,1-11H3/q+1. The van der Waals surface area contributed by atoms with Gasteiger partial charge in [-0.2, -0.15) is 4.58 Å². The highest BCUT2D eigenvalue weighted by Gasteiger charge is 2.56. The number of fused-ring (bicyclic) bond motifs is 7. The maximum Gasteiger partial charge on any atom is 0.209 e. The molecule has 0 aromatic heterocycles. The van der Waals surface area contributed by atoms with Crippen LogP contribution in [0.3, 0.4) is 0 Å². The van der Waals surface area contributed by atoms with Crippen LogP contribution in [0.5, 0.6) is 0 Å². The topological polar surface area (TPSA) is 147 Å². The van der Waals surface area contributed by atoms with E-state index in [9.17, 15) is 30.7 Å². The van der Waals surface area contributed by atoms with Crippen LogP contribution in [0.4, 0.5) is 11.4 Å². The molecule has 0 amide bonds. The van der Waals surface area contributed by atoms with Crippen LogP contribution in [0.15, 0.2) is 117 Å². The lowest BCUT2D eigenvalue weighted by molar-refractivity contribution is -0.871. The molecule has 0 N–H and O–H groups in total. The molecule has 400 valence electrons. The first-order valence-corrected chi connectivity index (χ1v) is 30.0. The van der Waals surface area contributed by atoms with Crippen molar-refractivity contribution in [2.45, 2.75) is 132 Å². The molecule has 14 heteroatoms. The number of nitrogens with zero attached hydrogens (tertiary/aromatic N) is 4. The lowest BCUT2D eigenvalue weighted by Crippen LogP contribution is -2.46. The molecule has 2 heterocycles. The van der Waals surface area contributed by atoms with E-state index in [0.717, 1.165) is 156 Å². The third-order valence-corrected chi connectivity index (χ3v) is 19.8. The highest BCUT2D eigenvalue weighted by Crippen LogP contribution is 2.61. The van der Waals surface area contributed by atoms with Crippen molar-refractivity contribution in [1.82, 2.24) is 0 Å². The second-order valence-electron chi connectivity index (χ2n) is 25.9. The Hall–Kier alpha value is -4.44. The summed E-state index contributed by atoms with van der Waals surface area (Å²) in [6.45, 7) is 13.9. The van der Waals surface area contributed by atoms with Crippen molar-refractivity contribution >= 4 is 43.1 Å². The summed E-state index contributed by atoms with van der Waals surface area (Å²) in [4.78, 5) is 15.0. The SMILES string of the molecule is CC1(C)C(/C=C/C2=C(OC3=CCC4C(=C3)CCC3C4CCC4(C)C(=O)CCC34)C(=C/C=C3/N(CCC[N+](C)(C)C)c4ccc(S(=O)(=O)[O-])cc4C3(C)C)/CCC2)=[N+](CCC[N+](C)(C)C)c2ccc(S(=O)(=O)[O-])cc21. The summed E-state index contributed by atoms with van der Waals surface area (Å²) in [6, 6.07) is 9.56. The Labute approximate surface area is 442 Å². The zero-order valence-electron chi connectivity index (χ0n) is 45.9. The second kappa shape index (κ2) is 19.5. The molecule has 74 heavy (non-hydrogen) atoms. The summed E-state index contributed by atoms with van der Waals surface area (Å²) in [6.07, 6.45) is 24.4. The fraction of sp³-hybridized carbons (Fsp3) is 0.567. The third-order valence-electron chi connectivity index (χ3n) is 18.2. The van der Waals surface area contributed by atoms with Gasteiger partial charge in [-0.15, -0.1) is 0 Å². The van der Waals surface area contributed by atoms with E-state index >= 15 is 0 Å². The normalized spacial score (nSPS) is 27.9. The van der Waals surface area contributed by atoms with Crippen molar-refractivity contribution in [2.24, 2.45) is 29.1 Å². The van der Waals surface area contributed by atoms with Crippen LogP contribution in [-0.2, 0) is 40.6 Å². The van der Waals surface area contributed by atoms with Gasteiger partial charge in [-0.25, -0.2) is 16.8 Å². The van der Waals surface area contributed by atoms with Crippen LogP contribution < -0.4 is 4.90 Å². The van der Waals surface area contributed by atoms with Gasteiger partial charge in [-0.05, 0) is 167 Å². The van der Waals surface area contributed by atoms with Crippen LogP contribution in [0.25, 0.3) is 0 Å². The smallest absolute Gasteiger partial charge is 0.209 e. The predicted octanol–water partition coefficient (Wildman–Crippen LogP) is 10.3. The fourth-order valence-corrected chi connectivity index (χ4v) is 15.2. The van der Waals surface area contributed by atoms with Gasteiger partial charge in [0.05, 0.1) is 77.0 Å². The molecular formula is C60H81N4O8S2+. The summed E-state index contributed by atoms with van der Waals surface area (Å²) in [5.41, 5.74) is 7.59. The number of quaternary nitrogens is 2. The molecule has 5 aliphatic carbocycles. The van der Waals surface area contributed by atoms with Gasteiger partial charge < -0.3 is 27.7 Å². The number of ketones is 1. The number of allylic oxidation sites excluding steroid dienone is 10. The van der Waals surface area contributed by atoms with Crippen molar-refractivity contribution in [3.63, 3.8) is 0 Å². The van der Waals surface area contributed by atoms with Crippen molar-refractivity contribution in [1.29, 1.82) is 0 Å². The minimum absolute atomic E-state index is 0.158. The number of carbonyl (C=O) groups is 1. The van der Waals surface area contributed by atoms with E-state index in [1.807, 2.05) is 0 Å². The van der Waals surface area contributed by atoms with E-state index in [1.165, 1.54) is 17.7 Å². The molecule has 2 aromatic carbocycles. The van der Waals surface area contributed by atoms with Crippen LogP contribution in [-0.4, -0.2) is 119 Å². The van der Waals surface area contributed by atoms with E-state index in [1.54, 1.807) is 24.3 Å². The number of anilines is 1. The average molecular weight is 1050 g/mol. The first kappa shape index (κ1) is 54.4. The summed E-state index contributed by atoms with van der Waals surface area (Å²) in [5, 5.41) is 0.